The van der Waals surface area contributed by atoms with Gasteiger partial charge in [0, 0.05) is 6.54 Å². The first kappa shape index (κ1) is 15.8. The monoisotopic (exact) mass is 288 g/mol. The average molecular weight is 289 g/mol. The molecule has 0 spiro atoms. The molecule has 1 heterocycles. The van der Waals surface area contributed by atoms with E-state index in [-0.39, 0.29) is 17.4 Å². The number of hydrogen-bond acceptors (Lipinski definition) is 6. The van der Waals surface area contributed by atoms with E-state index < -0.39 is 0 Å². The maximum absolute atomic E-state index is 6.35. The summed E-state index contributed by atoms with van der Waals surface area (Å²) in [5.41, 5.74) is 0. The lowest BCUT2D eigenvalue weighted by Crippen LogP contribution is -2.23. The van der Waals surface area contributed by atoms with Gasteiger partial charge in [-0.25, -0.2) is 0 Å². The fourth-order valence-electron chi connectivity index (χ4n) is 1.76. The van der Waals surface area contributed by atoms with Gasteiger partial charge in [-0.1, -0.05) is 26.7 Å². The Morgan fingerprint density at radius 2 is 1.58 bits per heavy atom. The molecular weight excluding hydrogens is 268 g/mol. The zero-order valence-electron chi connectivity index (χ0n) is 11.8. The SMILES string of the molecule is CCC(CC)C(Cl)CNc1nc(OC)nc(OC)n1. The Kier molecular flexibility index (Phi) is 6.62. The predicted molar refractivity (Wildman–Crippen MR) is 75.1 cm³/mol. The van der Waals surface area contributed by atoms with E-state index in [2.05, 4.69) is 34.1 Å². The van der Waals surface area contributed by atoms with Crippen LogP contribution in [0.5, 0.6) is 12.0 Å². The van der Waals surface area contributed by atoms with E-state index in [1.165, 1.54) is 14.2 Å². The van der Waals surface area contributed by atoms with Crippen molar-refractivity contribution >= 4 is 17.5 Å². The summed E-state index contributed by atoms with van der Waals surface area (Å²) < 4.78 is 9.96. The van der Waals surface area contributed by atoms with Crippen molar-refractivity contribution in [2.24, 2.45) is 5.92 Å². The summed E-state index contributed by atoms with van der Waals surface area (Å²) >= 11 is 6.35. The largest absolute Gasteiger partial charge is 0.467 e. The summed E-state index contributed by atoms with van der Waals surface area (Å²) in [4.78, 5) is 12.1. The fourth-order valence-corrected chi connectivity index (χ4v) is 2.19. The molecule has 0 saturated heterocycles. The van der Waals surface area contributed by atoms with Crippen LogP contribution in [0.15, 0.2) is 0 Å². The van der Waals surface area contributed by atoms with E-state index >= 15 is 0 Å². The molecule has 1 aromatic rings. The molecule has 0 fully saturated rings. The highest BCUT2D eigenvalue weighted by atomic mass is 35.5. The molecule has 1 aromatic heterocycles. The standard InChI is InChI=1S/C12H21ClN4O2/c1-5-8(6-2)9(13)7-14-10-15-11(18-3)17-12(16-10)19-4/h8-9H,5-7H2,1-4H3,(H,14,15,16,17). The van der Waals surface area contributed by atoms with Gasteiger partial charge in [-0.15, -0.1) is 16.6 Å². The number of nitrogens with one attached hydrogen (secondary N) is 1. The molecule has 7 heteroatoms. The highest BCUT2D eigenvalue weighted by Crippen LogP contribution is 2.19. The number of anilines is 1. The molecule has 0 aliphatic heterocycles. The number of aromatic nitrogens is 3. The fraction of sp³-hybridized carbons (Fsp3) is 0.750. The van der Waals surface area contributed by atoms with Crippen molar-refractivity contribution in [1.82, 2.24) is 15.0 Å². The van der Waals surface area contributed by atoms with Crippen LogP contribution in [0.4, 0.5) is 5.95 Å². The molecular formula is C12H21ClN4O2. The van der Waals surface area contributed by atoms with E-state index in [1.807, 2.05) is 0 Å². The summed E-state index contributed by atoms with van der Waals surface area (Å²) in [6, 6.07) is 0.422. The van der Waals surface area contributed by atoms with Crippen LogP contribution in [0.25, 0.3) is 0 Å². The number of rotatable bonds is 8. The number of methoxy groups -OCH3 is 2. The van der Waals surface area contributed by atoms with E-state index in [0.717, 1.165) is 12.8 Å². The highest BCUT2D eigenvalue weighted by molar-refractivity contribution is 6.21. The lowest BCUT2D eigenvalue weighted by atomic mass is 9.99. The quantitative estimate of drug-likeness (QED) is 0.741. The third-order valence-corrected chi connectivity index (χ3v) is 3.49. The van der Waals surface area contributed by atoms with Gasteiger partial charge >= 0.3 is 12.0 Å². The second-order valence-corrected chi connectivity index (χ2v) is 4.67. The molecule has 0 aliphatic rings. The zero-order chi connectivity index (χ0) is 14.3. The van der Waals surface area contributed by atoms with Crippen molar-refractivity contribution in [3.8, 4) is 12.0 Å². The molecule has 0 aromatic carbocycles. The van der Waals surface area contributed by atoms with Crippen molar-refractivity contribution in [2.75, 3.05) is 26.1 Å². The van der Waals surface area contributed by atoms with Crippen LogP contribution >= 0.6 is 11.6 Å². The molecule has 19 heavy (non-hydrogen) atoms. The first-order chi connectivity index (χ1) is 9.14. The Balaban J connectivity index is 2.66. The van der Waals surface area contributed by atoms with Crippen LogP contribution in [-0.4, -0.2) is 41.1 Å². The van der Waals surface area contributed by atoms with Gasteiger partial charge < -0.3 is 14.8 Å². The lowest BCUT2D eigenvalue weighted by Gasteiger charge is -2.19. The van der Waals surface area contributed by atoms with Gasteiger partial charge in [0.2, 0.25) is 5.95 Å². The van der Waals surface area contributed by atoms with E-state index in [9.17, 15) is 0 Å². The topological polar surface area (TPSA) is 69.2 Å². The summed E-state index contributed by atoms with van der Waals surface area (Å²) in [6.07, 6.45) is 2.10. The first-order valence-electron chi connectivity index (χ1n) is 6.36. The smallest absolute Gasteiger partial charge is 0.324 e. The third-order valence-electron chi connectivity index (χ3n) is 2.97. The minimum Gasteiger partial charge on any atom is -0.467 e. The van der Waals surface area contributed by atoms with Crippen molar-refractivity contribution < 1.29 is 9.47 Å². The second kappa shape index (κ2) is 7.99. The number of alkyl halides is 1. The molecule has 0 saturated carbocycles. The maximum atomic E-state index is 6.35. The van der Waals surface area contributed by atoms with Crippen LogP contribution < -0.4 is 14.8 Å². The van der Waals surface area contributed by atoms with Crippen LogP contribution in [0, 0.1) is 5.92 Å². The molecule has 0 radical (unpaired) electrons. The lowest BCUT2D eigenvalue weighted by molar-refractivity contribution is 0.341. The van der Waals surface area contributed by atoms with Gasteiger partial charge in [0.1, 0.15) is 0 Å². The number of nitrogens with zero attached hydrogens (tertiary/aromatic N) is 3. The Morgan fingerprint density at radius 1 is 1.05 bits per heavy atom. The van der Waals surface area contributed by atoms with Crippen molar-refractivity contribution in [3.63, 3.8) is 0 Å². The average Bonchev–Trinajstić information content (AvgIpc) is 2.45. The summed E-state index contributed by atoms with van der Waals surface area (Å²) in [6.45, 7) is 4.86. The van der Waals surface area contributed by atoms with Crippen molar-refractivity contribution in [3.05, 3.63) is 0 Å². The molecule has 6 nitrogen and oxygen atoms in total. The second-order valence-electron chi connectivity index (χ2n) is 4.11. The van der Waals surface area contributed by atoms with Crippen molar-refractivity contribution in [2.45, 2.75) is 32.1 Å². The third kappa shape index (κ3) is 4.70. The van der Waals surface area contributed by atoms with Crippen LogP contribution in [0.1, 0.15) is 26.7 Å². The molecule has 1 unspecified atom stereocenters. The highest BCUT2D eigenvalue weighted by Gasteiger charge is 2.16. The number of hydrogen-bond donors (Lipinski definition) is 1. The molecule has 0 amide bonds. The molecule has 0 aliphatic carbocycles. The summed E-state index contributed by atoms with van der Waals surface area (Å²) in [5, 5.41) is 3.12. The van der Waals surface area contributed by atoms with Gasteiger partial charge in [0.25, 0.3) is 0 Å². The van der Waals surface area contributed by atoms with Gasteiger partial charge in [-0.05, 0) is 5.92 Å². The van der Waals surface area contributed by atoms with E-state index in [0.29, 0.717) is 18.4 Å². The van der Waals surface area contributed by atoms with Crippen LogP contribution in [0.3, 0.4) is 0 Å². The van der Waals surface area contributed by atoms with Crippen LogP contribution in [-0.2, 0) is 0 Å². The van der Waals surface area contributed by atoms with Crippen molar-refractivity contribution in [1.29, 1.82) is 0 Å². The Morgan fingerprint density at radius 3 is 2.00 bits per heavy atom. The van der Waals surface area contributed by atoms with Gasteiger partial charge in [0.15, 0.2) is 0 Å². The first-order valence-corrected chi connectivity index (χ1v) is 6.80. The Hall–Kier alpha value is -1.30. The van der Waals surface area contributed by atoms with Gasteiger partial charge in [-0.2, -0.15) is 9.97 Å². The molecule has 1 atom stereocenters. The molecule has 1 N–H and O–H groups in total. The van der Waals surface area contributed by atoms with Gasteiger partial charge in [0.05, 0.1) is 19.6 Å². The Labute approximate surface area is 118 Å². The number of halogens is 1. The minimum absolute atomic E-state index is 0.0313. The normalized spacial score (nSPS) is 12.3. The predicted octanol–water partition coefficient (Wildman–Crippen LogP) is 2.34. The Bertz CT molecular complexity index is 366. The molecule has 1 rings (SSSR count). The molecule has 108 valence electrons. The molecule has 0 bridgehead atoms. The minimum atomic E-state index is 0.0313. The van der Waals surface area contributed by atoms with Gasteiger partial charge in [-0.3, -0.25) is 0 Å². The maximum Gasteiger partial charge on any atom is 0.324 e. The van der Waals surface area contributed by atoms with Crippen LogP contribution in [0.2, 0.25) is 0 Å². The summed E-state index contributed by atoms with van der Waals surface area (Å²) in [7, 11) is 2.99. The van der Waals surface area contributed by atoms with E-state index in [4.69, 9.17) is 21.1 Å². The summed E-state index contributed by atoms with van der Waals surface area (Å²) in [5.74, 6) is 0.875. The number of ether oxygens (including phenoxy) is 2. The zero-order valence-corrected chi connectivity index (χ0v) is 12.6. The van der Waals surface area contributed by atoms with E-state index in [1.54, 1.807) is 0 Å².